The van der Waals surface area contributed by atoms with E-state index in [1.54, 1.807) is 18.2 Å². The number of benzene rings is 2. The third kappa shape index (κ3) is 5.08. The van der Waals surface area contributed by atoms with Crippen LogP contribution in [-0.4, -0.2) is 25.9 Å². The van der Waals surface area contributed by atoms with Gasteiger partial charge in [0.25, 0.3) is 5.91 Å². The van der Waals surface area contributed by atoms with E-state index in [0.29, 0.717) is 17.1 Å². The number of amides is 1. The normalized spacial score (nSPS) is 11.5. The van der Waals surface area contributed by atoms with Gasteiger partial charge in [0.15, 0.2) is 18.1 Å². The molecule has 132 valence electrons. The number of ether oxygens (including phenoxy) is 2. The Morgan fingerprint density at radius 2 is 1.88 bits per heavy atom. The van der Waals surface area contributed by atoms with Crippen molar-refractivity contribution in [2.75, 3.05) is 13.7 Å². The van der Waals surface area contributed by atoms with Crippen LogP contribution in [0.2, 0.25) is 0 Å². The van der Waals surface area contributed by atoms with E-state index in [1.165, 1.54) is 12.7 Å². The molecule has 0 radical (unpaired) electrons. The number of methoxy groups -OCH3 is 1. The molecule has 0 bridgehead atoms. The van der Waals surface area contributed by atoms with Crippen LogP contribution in [0.5, 0.6) is 11.5 Å². The molecule has 1 unspecified atom stereocenters. The number of nitrogens with one attached hydrogen (secondary N) is 1. The Morgan fingerprint density at radius 1 is 1.16 bits per heavy atom. The first-order chi connectivity index (χ1) is 12.1. The molecule has 1 N–H and O–H groups in total. The summed E-state index contributed by atoms with van der Waals surface area (Å²) in [4.78, 5) is 22.9. The highest BCUT2D eigenvalue weighted by Crippen LogP contribution is 2.27. The molecule has 1 atom stereocenters. The second kappa shape index (κ2) is 8.87. The van der Waals surface area contributed by atoms with Crippen molar-refractivity contribution in [3.63, 3.8) is 0 Å². The lowest BCUT2D eigenvalue weighted by Crippen LogP contribution is -2.31. The fourth-order valence-electron chi connectivity index (χ4n) is 2.43. The van der Waals surface area contributed by atoms with Gasteiger partial charge in [0.1, 0.15) is 6.29 Å². The monoisotopic (exact) mass is 341 g/mol. The number of carbonyl (C=O) groups excluding carboxylic acids is 2. The predicted octanol–water partition coefficient (Wildman–Crippen LogP) is 3.33. The van der Waals surface area contributed by atoms with Gasteiger partial charge in [-0.1, -0.05) is 31.2 Å². The maximum Gasteiger partial charge on any atom is 0.258 e. The lowest BCUT2D eigenvalue weighted by atomic mass is 10.1. The van der Waals surface area contributed by atoms with Crippen molar-refractivity contribution in [2.45, 2.75) is 26.3 Å². The van der Waals surface area contributed by atoms with Crippen LogP contribution in [-0.2, 0) is 11.2 Å². The summed E-state index contributed by atoms with van der Waals surface area (Å²) in [5.41, 5.74) is 2.78. The average molecular weight is 341 g/mol. The van der Waals surface area contributed by atoms with Crippen molar-refractivity contribution < 1.29 is 19.1 Å². The second-order valence-electron chi connectivity index (χ2n) is 5.70. The number of rotatable bonds is 8. The lowest BCUT2D eigenvalue weighted by Gasteiger charge is -2.16. The molecule has 0 aliphatic carbocycles. The summed E-state index contributed by atoms with van der Waals surface area (Å²) < 4.78 is 10.7. The Hall–Kier alpha value is -2.82. The summed E-state index contributed by atoms with van der Waals surface area (Å²) in [6.07, 6.45) is 1.71. The van der Waals surface area contributed by atoms with Crippen molar-refractivity contribution in [1.29, 1.82) is 0 Å². The molecule has 2 rings (SSSR count). The molecule has 0 fully saturated rings. The van der Waals surface area contributed by atoms with E-state index < -0.39 is 0 Å². The summed E-state index contributed by atoms with van der Waals surface area (Å²) in [6.45, 7) is 3.90. The molecule has 0 aliphatic rings. The van der Waals surface area contributed by atoms with E-state index in [1.807, 2.05) is 19.1 Å². The molecular weight excluding hydrogens is 318 g/mol. The van der Waals surface area contributed by atoms with Crippen LogP contribution in [0.25, 0.3) is 0 Å². The van der Waals surface area contributed by atoms with E-state index >= 15 is 0 Å². The smallest absolute Gasteiger partial charge is 0.258 e. The number of hydrogen-bond donors (Lipinski definition) is 1. The lowest BCUT2D eigenvalue weighted by molar-refractivity contribution is -0.123. The molecule has 0 saturated heterocycles. The summed E-state index contributed by atoms with van der Waals surface area (Å²) >= 11 is 0. The fourth-order valence-corrected chi connectivity index (χ4v) is 2.43. The van der Waals surface area contributed by atoms with Crippen LogP contribution in [0.4, 0.5) is 0 Å². The topological polar surface area (TPSA) is 64.6 Å². The highest BCUT2D eigenvalue weighted by Gasteiger charge is 2.12. The minimum absolute atomic E-state index is 0.110. The van der Waals surface area contributed by atoms with Crippen molar-refractivity contribution in [3.05, 3.63) is 59.2 Å². The van der Waals surface area contributed by atoms with E-state index in [2.05, 4.69) is 24.4 Å². The van der Waals surface area contributed by atoms with Gasteiger partial charge < -0.3 is 14.8 Å². The molecule has 1 amide bonds. The quantitative estimate of drug-likeness (QED) is 0.748. The minimum Gasteiger partial charge on any atom is -0.493 e. The third-order valence-electron chi connectivity index (χ3n) is 3.95. The van der Waals surface area contributed by atoms with Crippen LogP contribution in [0.3, 0.4) is 0 Å². The Labute approximate surface area is 148 Å². The SMILES string of the molecule is CCc1ccc(C(C)NC(=O)COc2ccc(C=O)cc2OC)cc1. The Kier molecular flexibility index (Phi) is 6.57. The maximum absolute atomic E-state index is 12.1. The van der Waals surface area contributed by atoms with Gasteiger partial charge in [-0.3, -0.25) is 9.59 Å². The van der Waals surface area contributed by atoms with Gasteiger partial charge in [0, 0.05) is 5.56 Å². The van der Waals surface area contributed by atoms with Crippen LogP contribution in [0.1, 0.15) is 41.4 Å². The molecule has 2 aromatic carbocycles. The van der Waals surface area contributed by atoms with Gasteiger partial charge in [-0.25, -0.2) is 0 Å². The highest BCUT2D eigenvalue weighted by atomic mass is 16.5. The third-order valence-corrected chi connectivity index (χ3v) is 3.95. The fraction of sp³-hybridized carbons (Fsp3) is 0.300. The van der Waals surface area contributed by atoms with Gasteiger partial charge in [0.2, 0.25) is 0 Å². The van der Waals surface area contributed by atoms with E-state index in [4.69, 9.17) is 9.47 Å². The average Bonchev–Trinajstić information content (AvgIpc) is 2.66. The molecule has 0 aliphatic heterocycles. The van der Waals surface area contributed by atoms with Crippen molar-refractivity contribution in [3.8, 4) is 11.5 Å². The minimum atomic E-state index is -0.228. The first-order valence-electron chi connectivity index (χ1n) is 8.21. The maximum atomic E-state index is 12.1. The Bertz CT molecular complexity index is 725. The van der Waals surface area contributed by atoms with E-state index in [9.17, 15) is 9.59 Å². The van der Waals surface area contributed by atoms with Gasteiger partial charge in [0.05, 0.1) is 13.2 Å². The van der Waals surface area contributed by atoms with Crippen LogP contribution >= 0.6 is 0 Å². The predicted molar refractivity (Wildman–Crippen MR) is 96.3 cm³/mol. The second-order valence-corrected chi connectivity index (χ2v) is 5.70. The summed E-state index contributed by atoms with van der Waals surface area (Å²) in [6, 6.07) is 12.8. The van der Waals surface area contributed by atoms with Crippen LogP contribution in [0, 0.1) is 0 Å². The summed E-state index contributed by atoms with van der Waals surface area (Å²) in [5, 5.41) is 2.90. The van der Waals surface area contributed by atoms with Gasteiger partial charge in [-0.15, -0.1) is 0 Å². The molecule has 2 aromatic rings. The molecule has 5 nitrogen and oxygen atoms in total. The van der Waals surface area contributed by atoms with E-state index in [0.717, 1.165) is 18.3 Å². The number of hydrogen-bond acceptors (Lipinski definition) is 4. The first-order valence-corrected chi connectivity index (χ1v) is 8.21. The van der Waals surface area contributed by atoms with Crippen LogP contribution < -0.4 is 14.8 Å². The standard InChI is InChI=1S/C20H23NO4/c1-4-15-5-8-17(9-6-15)14(2)21-20(23)13-25-18-10-7-16(12-22)11-19(18)24-3/h5-12,14H,4,13H2,1-3H3,(H,21,23). The van der Waals surface area contributed by atoms with Crippen molar-refractivity contribution in [2.24, 2.45) is 0 Å². The number of aldehydes is 1. The van der Waals surface area contributed by atoms with Crippen molar-refractivity contribution in [1.82, 2.24) is 5.32 Å². The molecule has 25 heavy (non-hydrogen) atoms. The molecule has 0 saturated carbocycles. The molecular formula is C20H23NO4. The molecule has 5 heteroatoms. The van der Waals surface area contributed by atoms with E-state index in [-0.39, 0.29) is 18.6 Å². The highest BCUT2D eigenvalue weighted by molar-refractivity contribution is 5.78. The molecule has 0 aromatic heterocycles. The zero-order valence-corrected chi connectivity index (χ0v) is 14.7. The van der Waals surface area contributed by atoms with Crippen molar-refractivity contribution >= 4 is 12.2 Å². The van der Waals surface area contributed by atoms with Gasteiger partial charge in [-0.2, -0.15) is 0 Å². The largest absolute Gasteiger partial charge is 0.493 e. The number of aryl methyl sites for hydroxylation is 1. The molecule has 0 heterocycles. The van der Waals surface area contributed by atoms with Crippen LogP contribution in [0.15, 0.2) is 42.5 Å². The summed E-state index contributed by atoms with van der Waals surface area (Å²) in [5.74, 6) is 0.609. The Balaban J connectivity index is 1.92. The van der Waals surface area contributed by atoms with Gasteiger partial charge >= 0.3 is 0 Å². The summed E-state index contributed by atoms with van der Waals surface area (Å²) in [7, 11) is 1.49. The van der Waals surface area contributed by atoms with Gasteiger partial charge in [-0.05, 0) is 42.7 Å². The Morgan fingerprint density at radius 3 is 2.48 bits per heavy atom. The zero-order chi connectivity index (χ0) is 18.2. The number of carbonyl (C=O) groups is 2. The first kappa shape index (κ1) is 18.5. The molecule has 0 spiro atoms. The zero-order valence-electron chi connectivity index (χ0n) is 14.7.